The molecule has 1 heterocycles. The van der Waals surface area contributed by atoms with Crippen LogP contribution in [0.2, 0.25) is 0 Å². The van der Waals surface area contributed by atoms with Gasteiger partial charge in [-0.05, 0) is 36.6 Å². The van der Waals surface area contributed by atoms with Gasteiger partial charge in [0.1, 0.15) is 11.6 Å². The predicted octanol–water partition coefficient (Wildman–Crippen LogP) is 2.70. The lowest BCUT2D eigenvalue weighted by molar-refractivity contribution is 0.306. The highest BCUT2D eigenvalue weighted by molar-refractivity contribution is 5.86. The second-order valence-corrected chi connectivity index (χ2v) is 4.55. The van der Waals surface area contributed by atoms with Crippen molar-refractivity contribution in [2.24, 2.45) is 10.8 Å². The van der Waals surface area contributed by atoms with Crippen LogP contribution in [0.1, 0.15) is 38.2 Å². The first-order chi connectivity index (χ1) is 8.83. The quantitative estimate of drug-likeness (QED) is 0.478. The van der Waals surface area contributed by atoms with Crippen LogP contribution in [0.15, 0.2) is 23.2 Å². The number of rotatable bonds is 5. The molecular formula is C14H21N3O. The number of hydrogen-bond acceptors (Lipinski definition) is 4. The standard InChI is InChI=1S/C14H21N3O/c1-2-3-4-9-18-12-6-7-13-11(10-12)5-8-14(16-13)17-15/h6-7,10H,2-5,8-9,15H2,1H3,(H,16,17). The van der Waals surface area contributed by atoms with Crippen LogP contribution in [-0.4, -0.2) is 12.4 Å². The molecule has 0 aromatic heterocycles. The van der Waals surface area contributed by atoms with E-state index in [-0.39, 0.29) is 0 Å². The number of benzene rings is 1. The number of hydrogen-bond donors (Lipinski definition) is 2. The van der Waals surface area contributed by atoms with Gasteiger partial charge < -0.3 is 10.2 Å². The lowest BCUT2D eigenvalue weighted by atomic mass is 10.0. The molecule has 0 amide bonds. The molecule has 1 aromatic carbocycles. The first kappa shape index (κ1) is 12.9. The number of aryl methyl sites for hydroxylation is 1. The molecule has 2 rings (SSSR count). The molecule has 0 atom stereocenters. The smallest absolute Gasteiger partial charge is 0.119 e. The van der Waals surface area contributed by atoms with Crippen LogP contribution in [0.25, 0.3) is 0 Å². The third kappa shape index (κ3) is 3.23. The summed E-state index contributed by atoms with van der Waals surface area (Å²) in [6.07, 6.45) is 5.39. The van der Waals surface area contributed by atoms with E-state index in [0.717, 1.165) is 43.1 Å². The van der Waals surface area contributed by atoms with Crippen LogP contribution in [0.4, 0.5) is 5.69 Å². The Morgan fingerprint density at radius 3 is 3.00 bits per heavy atom. The summed E-state index contributed by atoms with van der Waals surface area (Å²) in [5, 5.41) is 0. The molecule has 1 aliphatic rings. The van der Waals surface area contributed by atoms with Crippen LogP contribution >= 0.6 is 0 Å². The Hall–Kier alpha value is -1.55. The molecule has 1 aliphatic heterocycles. The second kappa shape index (κ2) is 6.40. The molecule has 1 aromatic rings. The van der Waals surface area contributed by atoms with Gasteiger partial charge >= 0.3 is 0 Å². The number of nitrogens with one attached hydrogen (secondary N) is 1. The summed E-state index contributed by atoms with van der Waals surface area (Å²) >= 11 is 0. The maximum atomic E-state index is 5.74. The van der Waals surface area contributed by atoms with Gasteiger partial charge in [-0.3, -0.25) is 0 Å². The predicted molar refractivity (Wildman–Crippen MR) is 74.2 cm³/mol. The molecule has 0 radical (unpaired) electrons. The number of nitrogens with two attached hydrogens (primary N) is 1. The SMILES string of the molecule is CCCCCOc1ccc2c(c1)CCC(NN)=N2. The van der Waals surface area contributed by atoms with Gasteiger partial charge in [-0.15, -0.1) is 0 Å². The number of amidine groups is 1. The molecule has 3 N–H and O–H groups in total. The maximum Gasteiger partial charge on any atom is 0.119 e. The summed E-state index contributed by atoms with van der Waals surface area (Å²) in [6, 6.07) is 6.08. The van der Waals surface area contributed by atoms with E-state index in [1.807, 2.05) is 12.1 Å². The molecule has 4 heteroatoms. The van der Waals surface area contributed by atoms with Gasteiger partial charge in [-0.25, -0.2) is 10.8 Å². The summed E-state index contributed by atoms with van der Waals surface area (Å²) in [7, 11) is 0. The zero-order valence-electron chi connectivity index (χ0n) is 10.9. The van der Waals surface area contributed by atoms with Gasteiger partial charge in [0, 0.05) is 6.42 Å². The Bertz CT molecular complexity index is 429. The number of nitrogens with zero attached hydrogens (tertiary/aromatic N) is 1. The van der Waals surface area contributed by atoms with Crippen LogP contribution in [0, 0.1) is 0 Å². The van der Waals surface area contributed by atoms with Crippen molar-refractivity contribution in [3.8, 4) is 5.75 Å². The molecule has 4 nitrogen and oxygen atoms in total. The first-order valence-corrected chi connectivity index (χ1v) is 6.63. The van der Waals surface area contributed by atoms with E-state index < -0.39 is 0 Å². The van der Waals surface area contributed by atoms with Gasteiger partial charge in [0.25, 0.3) is 0 Å². The topological polar surface area (TPSA) is 59.6 Å². The van der Waals surface area contributed by atoms with Crippen molar-refractivity contribution in [3.05, 3.63) is 23.8 Å². The van der Waals surface area contributed by atoms with Gasteiger partial charge in [0.2, 0.25) is 0 Å². The molecule has 0 unspecified atom stereocenters. The molecular weight excluding hydrogens is 226 g/mol. The van der Waals surface area contributed by atoms with E-state index in [9.17, 15) is 0 Å². The largest absolute Gasteiger partial charge is 0.494 e. The van der Waals surface area contributed by atoms with Gasteiger partial charge in [-0.1, -0.05) is 19.8 Å². The molecule has 0 bridgehead atoms. The van der Waals surface area contributed by atoms with Crippen molar-refractivity contribution in [2.75, 3.05) is 6.61 Å². The Labute approximate surface area is 108 Å². The summed E-state index contributed by atoms with van der Waals surface area (Å²) < 4.78 is 5.74. The maximum absolute atomic E-state index is 5.74. The van der Waals surface area contributed by atoms with Crippen molar-refractivity contribution in [3.63, 3.8) is 0 Å². The number of aliphatic imine (C=N–C) groups is 1. The van der Waals surface area contributed by atoms with Gasteiger partial charge in [0.15, 0.2) is 0 Å². The lowest BCUT2D eigenvalue weighted by Crippen LogP contribution is -2.31. The molecule has 0 saturated carbocycles. The molecule has 0 saturated heterocycles. The Balaban J connectivity index is 1.98. The lowest BCUT2D eigenvalue weighted by Gasteiger charge is -2.16. The first-order valence-electron chi connectivity index (χ1n) is 6.63. The Morgan fingerprint density at radius 1 is 1.33 bits per heavy atom. The van der Waals surface area contributed by atoms with Crippen LogP contribution in [-0.2, 0) is 6.42 Å². The van der Waals surface area contributed by atoms with E-state index in [2.05, 4.69) is 23.4 Å². The molecule has 0 spiro atoms. The van der Waals surface area contributed by atoms with E-state index in [0.29, 0.717) is 0 Å². The zero-order chi connectivity index (χ0) is 12.8. The normalized spacial score (nSPS) is 13.8. The highest BCUT2D eigenvalue weighted by Gasteiger charge is 2.11. The van der Waals surface area contributed by atoms with Crippen LogP contribution in [0.3, 0.4) is 0 Å². The monoisotopic (exact) mass is 247 g/mol. The summed E-state index contributed by atoms with van der Waals surface area (Å²) in [6.45, 7) is 2.99. The van der Waals surface area contributed by atoms with Crippen molar-refractivity contribution in [1.82, 2.24) is 5.43 Å². The molecule has 98 valence electrons. The van der Waals surface area contributed by atoms with Crippen molar-refractivity contribution < 1.29 is 4.74 Å². The highest BCUT2D eigenvalue weighted by Crippen LogP contribution is 2.29. The van der Waals surface area contributed by atoms with Crippen LogP contribution < -0.4 is 16.0 Å². The summed E-state index contributed by atoms with van der Waals surface area (Å²) in [4.78, 5) is 4.44. The number of fused-ring (bicyclic) bond motifs is 1. The van der Waals surface area contributed by atoms with Crippen molar-refractivity contribution in [2.45, 2.75) is 39.0 Å². The van der Waals surface area contributed by atoms with Crippen molar-refractivity contribution >= 4 is 11.5 Å². The second-order valence-electron chi connectivity index (χ2n) is 4.55. The van der Waals surface area contributed by atoms with Gasteiger partial charge in [0.05, 0.1) is 12.3 Å². The van der Waals surface area contributed by atoms with Gasteiger partial charge in [-0.2, -0.15) is 0 Å². The number of hydrazine groups is 1. The Morgan fingerprint density at radius 2 is 2.22 bits per heavy atom. The van der Waals surface area contributed by atoms with E-state index in [4.69, 9.17) is 10.6 Å². The number of ether oxygens (including phenoxy) is 1. The summed E-state index contributed by atoms with van der Waals surface area (Å²) in [5.41, 5.74) is 4.86. The molecule has 18 heavy (non-hydrogen) atoms. The van der Waals surface area contributed by atoms with E-state index in [1.54, 1.807) is 0 Å². The fourth-order valence-electron chi connectivity index (χ4n) is 2.06. The minimum Gasteiger partial charge on any atom is -0.494 e. The average molecular weight is 247 g/mol. The minimum absolute atomic E-state index is 0.797. The molecule has 0 aliphatic carbocycles. The minimum atomic E-state index is 0.797. The average Bonchev–Trinajstić information content (AvgIpc) is 2.43. The summed E-state index contributed by atoms with van der Waals surface area (Å²) in [5.74, 6) is 7.17. The third-order valence-electron chi connectivity index (χ3n) is 3.12. The number of unbranched alkanes of at least 4 members (excludes halogenated alkanes) is 2. The highest BCUT2D eigenvalue weighted by atomic mass is 16.5. The molecule has 0 fully saturated rings. The van der Waals surface area contributed by atoms with E-state index >= 15 is 0 Å². The van der Waals surface area contributed by atoms with E-state index in [1.165, 1.54) is 18.4 Å². The van der Waals surface area contributed by atoms with Crippen molar-refractivity contribution in [1.29, 1.82) is 0 Å². The Kier molecular flexibility index (Phi) is 4.59. The fourth-order valence-corrected chi connectivity index (χ4v) is 2.06. The zero-order valence-corrected chi connectivity index (χ0v) is 10.9. The van der Waals surface area contributed by atoms with Crippen LogP contribution in [0.5, 0.6) is 5.75 Å². The third-order valence-corrected chi connectivity index (χ3v) is 3.12. The fraction of sp³-hybridized carbons (Fsp3) is 0.500.